The van der Waals surface area contributed by atoms with E-state index in [4.69, 9.17) is 0 Å². The van der Waals surface area contributed by atoms with Crippen LogP contribution in [0.1, 0.15) is 30.6 Å². The molecule has 0 aromatic heterocycles. The molecule has 1 aliphatic heterocycles. The average molecular weight is 250 g/mol. The number of Topliss-reactive ketones (excluding diaryl/α,β-unsaturated/α-hetero) is 1. The van der Waals surface area contributed by atoms with Crippen LogP contribution in [0.5, 0.6) is 0 Å². The molecule has 0 aliphatic carbocycles. The number of ketones is 1. The number of benzene rings is 1. The molecular weight excluding hydrogens is 232 g/mol. The Hall–Kier alpha value is -0.800. The Morgan fingerprint density at radius 2 is 2.00 bits per heavy atom. The maximum atomic E-state index is 12.2. The summed E-state index contributed by atoms with van der Waals surface area (Å²) >= 11 is 1.63. The summed E-state index contributed by atoms with van der Waals surface area (Å²) in [6, 6.07) is 9.25. The SMILES string of the molecule is CC(C)[C@@H]1C[C@@H](O)[C@@H](C(=O)c2ccccc2)S1. The van der Waals surface area contributed by atoms with Crippen LogP contribution in [-0.4, -0.2) is 27.5 Å². The zero-order valence-electron chi connectivity index (χ0n) is 10.2. The van der Waals surface area contributed by atoms with Gasteiger partial charge in [0.1, 0.15) is 0 Å². The molecule has 0 radical (unpaired) electrons. The smallest absolute Gasteiger partial charge is 0.178 e. The largest absolute Gasteiger partial charge is 0.391 e. The van der Waals surface area contributed by atoms with Crippen molar-refractivity contribution in [2.24, 2.45) is 5.92 Å². The Bertz CT molecular complexity index is 388. The molecule has 0 amide bonds. The summed E-state index contributed by atoms with van der Waals surface area (Å²) < 4.78 is 0. The van der Waals surface area contributed by atoms with Crippen LogP contribution in [0, 0.1) is 5.92 Å². The van der Waals surface area contributed by atoms with Crippen molar-refractivity contribution in [1.82, 2.24) is 0 Å². The standard InChI is InChI=1S/C14H18O2S/c1-9(2)12-8-11(15)14(17-12)13(16)10-6-4-3-5-7-10/h3-7,9,11-12,14-15H,8H2,1-2H3/t11-,12+,14+/m1/s1. The molecule has 3 heteroatoms. The molecular formula is C14H18O2S. The van der Waals surface area contributed by atoms with Gasteiger partial charge in [-0.05, 0) is 12.3 Å². The molecule has 1 heterocycles. The molecule has 3 atom stereocenters. The number of aliphatic hydroxyl groups excluding tert-OH is 1. The predicted octanol–water partition coefficient (Wildman–Crippen LogP) is 2.76. The molecule has 1 aliphatic rings. The van der Waals surface area contributed by atoms with Crippen molar-refractivity contribution in [1.29, 1.82) is 0 Å². The highest BCUT2D eigenvalue weighted by Crippen LogP contribution is 2.39. The minimum Gasteiger partial charge on any atom is -0.391 e. The first-order valence-corrected chi connectivity index (χ1v) is 6.96. The van der Waals surface area contributed by atoms with Crippen LogP contribution in [0.4, 0.5) is 0 Å². The van der Waals surface area contributed by atoms with E-state index in [2.05, 4.69) is 13.8 Å². The van der Waals surface area contributed by atoms with E-state index in [1.807, 2.05) is 30.3 Å². The number of carbonyl (C=O) groups excluding carboxylic acids is 1. The highest BCUT2D eigenvalue weighted by Gasteiger charge is 2.39. The molecule has 17 heavy (non-hydrogen) atoms. The third-order valence-corrected chi connectivity index (χ3v) is 5.11. The lowest BCUT2D eigenvalue weighted by molar-refractivity contribution is 0.0900. The highest BCUT2D eigenvalue weighted by atomic mass is 32.2. The van der Waals surface area contributed by atoms with E-state index >= 15 is 0 Å². The van der Waals surface area contributed by atoms with E-state index in [1.54, 1.807) is 11.8 Å². The molecule has 0 unspecified atom stereocenters. The first kappa shape index (κ1) is 12.7. The van der Waals surface area contributed by atoms with Crippen molar-refractivity contribution < 1.29 is 9.90 Å². The lowest BCUT2D eigenvalue weighted by Crippen LogP contribution is -2.26. The second-order valence-corrected chi connectivity index (χ2v) is 6.26. The molecule has 1 saturated heterocycles. The van der Waals surface area contributed by atoms with Crippen LogP contribution in [-0.2, 0) is 0 Å². The van der Waals surface area contributed by atoms with Gasteiger partial charge in [-0.15, -0.1) is 11.8 Å². The van der Waals surface area contributed by atoms with Gasteiger partial charge >= 0.3 is 0 Å². The van der Waals surface area contributed by atoms with Crippen molar-refractivity contribution in [3.8, 4) is 0 Å². The summed E-state index contributed by atoms with van der Waals surface area (Å²) in [4.78, 5) is 12.2. The third kappa shape index (κ3) is 2.72. The maximum Gasteiger partial charge on any atom is 0.178 e. The summed E-state index contributed by atoms with van der Waals surface area (Å²) in [7, 11) is 0. The van der Waals surface area contributed by atoms with Crippen LogP contribution in [0.3, 0.4) is 0 Å². The Kier molecular flexibility index (Phi) is 3.89. The van der Waals surface area contributed by atoms with Crippen molar-refractivity contribution in [3.05, 3.63) is 35.9 Å². The summed E-state index contributed by atoms with van der Waals surface area (Å²) in [5.41, 5.74) is 0.702. The number of carbonyl (C=O) groups is 1. The van der Waals surface area contributed by atoms with E-state index < -0.39 is 6.10 Å². The second kappa shape index (κ2) is 5.23. The van der Waals surface area contributed by atoms with Gasteiger partial charge in [-0.2, -0.15) is 0 Å². The molecule has 1 fully saturated rings. The van der Waals surface area contributed by atoms with Crippen LogP contribution in [0.15, 0.2) is 30.3 Å². The van der Waals surface area contributed by atoms with Gasteiger partial charge < -0.3 is 5.11 Å². The van der Waals surface area contributed by atoms with Crippen molar-refractivity contribution in [3.63, 3.8) is 0 Å². The lowest BCUT2D eigenvalue weighted by atomic mass is 9.99. The predicted molar refractivity (Wildman–Crippen MR) is 71.4 cm³/mol. The Balaban J connectivity index is 2.11. The number of thioether (sulfide) groups is 1. The third-order valence-electron chi connectivity index (χ3n) is 3.20. The van der Waals surface area contributed by atoms with Gasteiger partial charge in [0, 0.05) is 10.8 Å². The van der Waals surface area contributed by atoms with E-state index in [-0.39, 0.29) is 11.0 Å². The fraction of sp³-hybridized carbons (Fsp3) is 0.500. The second-order valence-electron chi connectivity index (χ2n) is 4.87. The van der Waals surface area contributed by atoms with Crippen molar-refractivity contribution >= 4 is 17.5 Å². The average Bonchev–Trinajstić information content (AvgIpc) is 2.72. The molecule has 2 nitrogen and oxygen atoms in total. The number of hydrogen-bond donors (Lipinski definition) is 1. The van der Waals surface area contributed by atoms with Crippen molar-refractivity contribution in [2.75, 3.05) is 0 Å². The van der Waals surface area contributed by atoms with E-state index in [0.717, 1.165) is 6.42 Å². The van der Waals surface area contributed by atoms with E-state index in [0.29, 0.717) is 16.7 Å². The van der Waals surface area contributed by atoms with Crippen LogP contribution >= 0.6 is 11.8 Å². The molecule has 1 aromatic carbocycles. The fourth-order valence-corrected chi connectivity index (χ4v) is 3.68. The molecule has 1 N–H and O–H groups in total. The van der Waals surface area contributed by atoms with Crippen LogP contribution in [0.2, 0.25) is 0 Å². The summed E-state index contributed by atoms with van der Waals surface area (Å²) in [5, 5.41) is 10.1. The lowest BCUT2D eigenvalue weighted by Gasteiger charge is -2.13. The summed E-state index contributed by atoms with van der Waals surface area (Å²) in [6.45, 7) is 4.28. The zero-order valence-corrected chi connectivity index (χ0v) is 11.0. The monoisotopic (exact) mass is 250 g/mol. The molecule has 0 spiro atoms. The van der Waals surface area contributed by atoms with E-state index in [1.165, 1.54) is 0 Å². The van der Waals surface area contributed by atoms with Gasteiger partial charge in [0.25, 0.3) is 0 Å². The van der Waals surface area contributed by atoms with Crippen LogP contribution in [0.25, 0.3) is 0 Å². The minimum atomic E-state index is -0.500. The summed E-state index contributed by atoms with van der Waals surface area (Å²) in [6.07, 6.45) is 0.228. The molecule has 1 aromatic rings. The first-order valence-electron chi connectivity index (χ1n) is 6.02. The number of aliphatic hydroxyl groups is 1. The van der Waals surface area contributed by atoms with E-state index in [9.17, 15) is 9.90 Å². The van der Waals surface area contributed by atoms with Gasteiger partial charge in [0.05, 0.1) is 11.4 Å². The Labute approximate surface area is 106 Å². The topological polar surface area (TPSA) is 37.3 Å². The molecule has 2 rings (SSSR count). The number of hydrogen-bond acceptors (Lipinski definition) is 3. The molecule has 0 saturated carbocycles. The van der Waals surface area contributed by atoms with Crippen molar-refractivity contribution in [2.45, 2.75) is 36.9 Å². The Morgan fingerprint density at radius 3 is 2.53 bits per heavy atom. The molecule has 0 bridgehead atoms. The molecule has 92 valence electrons. The quantitative estimate of drug-likeness (QED) is 0.838. The Morgan fingerprint density at radius 1 is 1.35 bits per heavy atom. The maximum absolute atomic E-state index is 12.2. The zero-order chi connectivity index (χ0) is 12.4. The summed E-state index contributed by atoms with van der Waals surface area (Å²) in [5.74, 6) is 0.564. The fourth-order valence-electron chi connectivity index (χ4n) is 2.13. The van der Waals surface area contributed by atoms with Gasteiger partial charge in [0.15, 0.2) is 5.78 Å². The van der Waals surface area contributed by atoms with Gasteiger partial charge in [-0.1, -0.05) is 44.2 Å². The normalized spacial score (nSPS) is 28.6. The van der Waals surface area contributed by atoms with Gasteiger partial charge in [-0.3, -0.25) is 4.79 Å². The first-order chi connectivity index (χ1) is 8.09. The van der Waals surface area contributed by atoms with Crippen LogP contribution < -0.4 is 0 Å². The number of rotatable bonds is 3. The van der Waals surface area contributed by atoms with Gasteiger partial charge in [0.2, 0.25) is 0 Å². The van der Waals surface area contributed by atoms with Gasteiger partial charge in [-0.25, -0.2) is 0 Å². The highest BCUT2D eigenvalue weighted by molar-refractivity contribution is 8.01. The minimum absolute atomic E-state index is 0.0613.